The van der Waals surface area contributed by atoms with Crippen molar-refractivity contribution in [3.8, 4) is 0 Å². The third-order valence-electron chi connectivity index (χ3n) is 2.60. The Labute approximate surface area is 93.9 Å². The van der Waals surface area contributed by atoms with Gasteiger partial charge < -0.3 is 15.7 Å². The third-order valence-corrected chi connectivity index (χ3v) is 2.60. The average Bonchev–Trinajstić information content (AvgIpc) is 2.99. The quantitative estimate of drug-likeness (QED) is 0.657. The van der Waals surface area contributed by atoms with E-state index in [1.165, 1.54) is 6.08 Å². The maximum Gasteiger partial charge on any atom is 0.354 e. The number of hydrogen-bond acceptors (Lipinski definition) is 4. The molecule has 86 valence electrons. The van der Waals surface area contributed by atoms with Crippen LogP contribution >= 0.6 is 0 Å². The largest absolute Gasteiger partial charge is 0.477 e. The van der Waals surface area contributed by atoms with Gasteiger partial charge in [0.1, 0.15) is 5.71 Å². The van der Waals surface area contributed by atoms with Gasteiger partial charge in [-0.3, -0.25) is 0 Å². The zero-order chi connectivity index (χ0) is 11.7. The van der Waals surface area contributed by atoms with Gasteiger partial charge in [-0.2, -0.15) is 0 Å². The van der Waals surface area contributed by atoms with E-state index in [2.05, 4.69) is 22.2 Å². The number of nitrogens with one attached hydrogen (secondary N) is 2. The van der Waals surface area contributed by atoms with E-state index >= 15 is 0 Å². The minimum Gasteiger partial charge on any atom is -0.477 e. The highest BCUT2D eigenvalue weighted by atomic mass is 16.4. The van der Waals surface area contributed by atoms with Gasteiger partial charge in [0.25, 0.3) is 0 Å². The van der Waals surface area contributed by atoms with Crippen LogP contribution in [0.2, 0.25) is 0 Å². The molecule has 3 N–H and O–H groups in total. The summed E-state index contributed by atoms with van der Waals surface area (Å²) in [5, 5.41) is 15.0. The van der Waals surface area contributed by atoms with Crippen LogP contribution in [0.4, 0.5) is 0 Å². The Morgan fingerprint density at radius 2 is 2.38 bits per heavy atom. The van der Waals surface area contributed by atoms with Crippen molar-refractivity contribution in [2.24, 2.45) is 10.9 Å². The first-order chi connectivity index (χ1) is 7.56. The lowest BCUT2D eigenvalue weighted by molar-refractivity contribution is -0.129. The number of carboxylic acid groups (broad SMARTS) is 1. The van der Waals surface area contributed by atoms with Crippen LogP contribution in [0.15, 0.2) is 29.0 Å². The molecule has 0 radical (unpaired) electrons. The molecule has 2 aliphatic rings. The summed E-state index contributed by atoms with van der Waals surface area (Å²) in [5.41, 5.74) is 1.78. The molecule has 1 heterocycles. The number of nitrogens with zero attached hydrogens (tertiary/aromatic N) is 1. The van der Waals surface area contributed by atoms with Crippen molar-refractivity contribution >= 4 is 11.7 Å². The second-order valence-corrected chi connectivity index (χ2v) is 4.14. The van der Waals surface area contributed by atoms with Crippen molar-refractivity contribution in [1.29, 1.82) is 0 Å². The molecule has 0 unspecified atom stereocenters. The molecule has 0 amide bonds. The molecule has 0 aromatic carbocycles. The minimum atomic E-state index is -1.01. The van der Waals surface area contributed by atoms with E-state index in [1.54, 1.807) is 0 Å². The smallest absolute Gasteiger partial charge is 0.354 e. The van der Waals surface area contributed by atoms with Gasteiger partial charge in [0.15, 0.2) is 6.29 Å². The van der Waals surface area contributed by atoms with Gasteiger partial charge >= 0.3 is 5.97 Å². The fourth-order valence-electron chi connectivity index (χ4n) is 1.58. The van der Waals surface area contributed by atoms with Crippen LogP contribution < -0.4 is 10.6 Å². The predicted octanol–water partition coefficient (Wildman–Crippen LogP) is 0.816. The summed E-state index contributed by atoms with van der Waals surface area (Å²) in [4.78, 5) is 14.9. The Bertz CT molecular complexity index is 394. The van der Waals surface area contributed by atoms with E-state index in [4.69, 9.17) is 5.11 Å². The van der Waals surface area contributed by atoms with Gasteiger partial charge in [0, 0.05) is 11.4 Å². The zero-order valence-electron chi connectivity index (χ0n) is 9.16. The van der Waals surface area contributed by atoms with Crippen molar-refractivity contribution < 1.29 is 9.90 Å². The molecule has 2 rings (SSSR count). The first kappa shape index (κ1) is 10.7. The summed E-state index contributed by atoms with van der Waals surface area (Å²) in [6, 6.07) is 0. The molecule has 0 saturated heterocycles. The number of allylic oxidation sites excluding steroid dienone is 2. The molecule has 1 saturated carbocycles. The number of carboxylic acids is 1. The molecule has 0 aromatic rings. The molecular weight excluding hydrogens is 206 g/mol. The monoisotopic (exact) mass is 221 g/mol. The summed E-state index contributed by atoms with van der Waals surface area (Å²) >= 11 is 0. The highest BCUT2D eigenvalue weighted by molar-refractivity contribution is 6.40. The average molecular weight is 221 g/mol. The maximum atomic E-state index is 10.8. The Balaban J connectivity index is 2.03. The second-order valence-electron chi connectivity index (χ2n) is 4.14. The normalized spacial score (nSPS) is 23.9. The van der Waals surface area contributed by atoms with Crippen LogP contribution in [-0.4, -0.2) is 23.1 Å². The van der Waals surface area contributed by atoms with Crippen molar-refractivity contribution in [3.63, 3.8) is 0 Å². The fourth-order valence-corrected chi connectivity index (χ4v) is 1.58. The van der Waals surface area contributed by atoms with Gasteiger partial charge in [0.05, 0.1) is 0 Å². The number of aliphatic imine (C=N–C) groups is 1. The maximum absolute atomic E-state index is 10.8. The van der Waals surface area contributed by atoms with Crippen LogP contribution in [-0.2, 0) is 4.79 Å². The van der Waals surface area contributed by atoms with Crippen molar-refractivity contribution in [3.05, 3.63) is 24.0 Å². The number of hydrogen-bond donors (Lipinski definition) is 3. The van der Waals surface area contributed by atoms with E-state index in [9.17, 15) is 4.79 Å². The van der Waals surface area contributed by atoms with Gasteiger partial charge in [-0.25, -0.2) is 9.79 Å². The van der Waals surface area contributed by atoms with Crippen LogP contribution in [0, 0.1) is 5.92 Å². The van der Waals surface area contributed by atoms with Crippen molar-refractivity contribution in [2.75, 3.05) is 0 Å². The van der Waals surface area contributed by atoms with Crippen LogP contribution in [0.25, 0.3) is 0 Å². The van der Waals surface area contributed by atoms with E-state index in [0.29, 0.717) is 5.92 Å². The number of carbonyl (C=O) groups is 1. The van der Waals surface area contributed by atoms with E-state index in [-0.39, 0.29) is 5.71 Å². The Kier molecular flexibility index (Phi) is 2.68. The molecule has 1 atom stereocenters. The van der Waals surface area contributed by atoms with E-state index in [1.807, 2.05) is 6.92 Å². The lowest BCUT2D eigenvalue weighted by Gasteiger charge is -2.23. The fraction of sp³-hybridized carbons (Fsp3) is 0.455. The lowest BCUT2D eigenvalue weighted by Crippen LogP contribution is -2.43. The van der Waals surface area contributed by atoms with E-state index in [0.717, 1.165) is 24.2 Å². The molecule has 16 heavy (non-hydrogen) atoms. The minimum absolute atomic E-state index is 0.0670. The van der Waals surface area contributed by atoms with E-state index < -0.39 is 12.3 Å². The van der Waals surface area contributed by atoms with Crippen molar-refractivity contribution in [2.45, 2.75) is 26.1 Å². The van der Waals surface area contributed by atoms with Crippen molar-refractivity contribution in [1.82, 2.24) is 10.6 Å². The zero-order valence-corrected chi connectivity index (χ0v) is 9.16. The first-order valence-electron chi connectivity index (χ1n) is 5.27. The van der Waals surface area contributed by atoms with Gasteiger partial charge in [0.2, 0.25) is 0 Å². The molecule has 5 heteroatoms. The molecule has 1 aliphatic heterocycles. The van der Waals surface area contributed by atoms with Gasteiger partial charge in [-0.1, -0.05) is 6.58 Å². The molecule has 5 nitrogen and oxygen atoms in total. The first-order valence-corrected chi connectivity index (χ1v) is 5.27. The molecule has 0 spiro atoms. The Morgan fingerprint density at radius 1 is 1.69 bits per heavy atom. The number of rotatable bonds is 4. The van der Waals surface area contributed by atoms with Crippen LogP contribution in [0.5, 0.6) is 0 Å². The van der Waals surface area contributed by atoms with Gasteiger partial charge in [-0.05, 0) is 31.8 Å². The molecule has 0 aromatic heterocycles. The highest BCUT2D eigenvalue weighted by Gasteiger charge is 2.27. The van der Waals surface area contributed by atoms with Gasteiger partial charge in [-0.15, -0.1) is 0 Å². The lowest BCUT2D eigenvalue weighted by atomic mass is 10.2. The second kappa shape index (κ2) is 4.00. The summed E-state index contributed by atoms with van der Waals surface area (Å²) < 4.78 is 0. The van der Waals surface area contributed by atoms with Crippen LogP contribution in [0.1, 0.15) is 19.8 Å². The summed E-state index contributed by atoms with van der Waals surface area (Å²) in [6.07, 6.45) is 3.41. The Hall–Kier alpha value is -1.78. The SMILES string of the molecule is C=C(N[C@@H]1N=C(C(=O)O)C=C(C)N1)C1CC1. The highest BCUT2D eigenvalue weighted by Crippen LogP contribution is 2.34. The summed E-state index contributed by atoms with van der Waals surface area (Å²) in [5.74, 6) is -0.485. The molecular formula is C11H15N3O2. The topological polar surface area (TPSA) is 73.7 Å². The summed E-state index contributed by atoms with van der Waals surface area (Å²) in [6.45, 7) is 5.73. The molecule has 1 fully saturated rings. The van der Waals surface area contributed by atoms with Crippen LogP contribution in [0.3, 0.4) is 0 Å². The Morgan fingerprint density at radius 3 is 2.94 bits per heavy atom. The molecule has 0 bridgehead atoms. The summed E-state index contributed by atoms with van der Waals surface area (Å²) in [7, 11) is 0. The standard InChI is InChI=1S/C11H15N3O2/c1-6-5-9(10(15)16)14-11(12-6)13-7(2)8-3-4-8/h5,8,11-13H,2-4H2,1H3,(H,15,16)/t11-/m1/s1. The molecule has 1 aliphatic carbocycles. The third kappa shape index (κ3) is 2.42. The predicted molar refractivity (Wildman–Crippen MR) is 60.8 cm³/mol. The number of aliphatic carboxylic acids is 1.